The summed E-state index contributed by atoms with van der Waals surface area (Å²) in [5.41, 5.74) is 1.15. The van der Waals surface area contributed by atoms with Crippen molar-refractivity contribution in [3.8, 4) is 0 Å². The van der Waals surface area contributed by atoms with Crippen LogP contribution in [0, 0.1) is 0 Å². The van der Waals surface area contributed by atoms with Crippen molar-refractivity contribution in [2.45, 2.75) is 44.3 Å². The van der Waals surface area contributed by atoms with E-state index in [9.17, 15) is 4.79 Å². The molecule has 8 heteroatoms. The Morgan fingerprint density at radius 2 is 1.93 bits per heavy atom. The zero-order chi connectivity index (χ0) is 21.1. The third-order valence-electron chi connectivity index (χ3n) is 5.55. The van der Waals surface area contributed by atoms with Gasteiger partial charge in [-0.2, -0.15) is 4.98 Å². The summed E-state index contributed by atoms with van der Waals surface area (Å²) in [5.74, 6) is 1.56. The summed E-state index contributed by atoms with van der Waals surface area (Å²) >= 11 is 6.02. The lowest BCUT2D eigenvalue weighted by atomic mass is 9.91. The van der Waals surface area contributed by atoms with Crippen LogP contribution in [0.3, 0.4) is 0 Å². The standard InChI is InChI=1S/C22H26ClN5O2/c1-28(2)20-9-10-24-22(27-20)26-17-6-4-16(5-7-17)25-12-14-13-30-19-8-3-15(23)11-18(19)21(14)29/h3,8-11,13,16-17,25H,4-7,12H2,1-2H3,(H,24,26,27). The first-order chi connectivity index (χ1) is 14.5. The third-order valence-corrected chi connectivity index (χ3v) is 5.78. The van der Waals surface area contributed by atoms with Gasteiger partial charge in [-0.3, -0.25) is 4.79 Å². The molecule has 0 saturated heterocycles. The maximum Gasteiger partial charge on any atom is 0.224 e. The second-order valence-electron chi connectivity index (χ2n) is 7.94. The maximum atomic E-state index is 12.7. The molecule has 1 fully saturated rings. The lowest BCUT2D eigenvalue weighted by Gasteiger charge is -2.30. The molecule has 30 heavy (non-hydrogen) atoms. The van der Waals surface area contributed by atoms with Crippen molar-refractivity contribution >= 4 is 34.3 Å². The Morgan fingerprint density at radius 3 is 2.70 bits per heavy atom. The summed E-state index contributed by atoms with van der Waals surface area (Å²) < 4.78 is 5.60. The Labute approximate surface area is 180 Å². The first-order valence-corrected chi connectivity index (χ1v) is 10.6. The van der Waals surface area contributed by atoms with Gasteiger partial charge in [-0.1, -0.05) is 11.6 Å². The van der Waals surface area contributed by atoms with Crippen LogP contribution in [0.1, 0.15) is 31.2 Å². The number of rotatable bonds is 6. The number of halogens is 1. The SMILES string of the molecule is CN(C)c1ccnc(NC2CCC(NCc3coc4ccc(Cl)cc4c3=O)CC2)n1. The van der Waals surface area contributed by atoms with Crippen LogP contribution in [0.4, 0.5) is 11.8 Å². The predicted molar refractivity (Wildman–Crippen MR) is 120 cm³/mol. The zero-order valence-corrected chi connectivity index (χ0v) is 17.9. The monoisotopic (exact) mass is 427 g/mol. The Hall–Kier alpha value is -2.64. The maximum absolute atomic E-state index is 12.7. The van der Waals surface area contributed by atoms with Crippen molar-refractivity contribution in [3.63, 3.8) is 0 Å². The van der Waals surface area contributed by atoms with Crippen LogP contribution in [0.15, 0.2) is 45.9 Å². The highest BCUT2D eigenvalue weighted by Crippen LogP contribution is 2.22. The van der Waals surface area contributed by atoms with Crippen molar-refractivity contribution in [2.24, 2.45) is 0 Å². The van der Waals surface area contributed by atoms with Gasteiger partial charge in [0.25, 0.3) is 0 Å². The number of anilines is 2. The Morgan fingerprint density at radius 1 is 1.17 bits per heavy atom. The molecular weight excluding hydrogens is 402 g/mol. The lowest BCUT2D eigenvalue weighted by Crippen LogP contribution is -2.37. The molecule has 1 saturated carbocycles. The molecule has 2 heterocycles. The van der Waals surface area contributed by atoms with E-state index in [4.69, 9.17) is 16.0 Å². The summed E-state index contributed by atoms with van der Waals surface area (Å²) in [6, 6.07) is 7.72. The van der Waals surface area contributed by atoms with E-state index in [0.29, 0.717) is 46.1 Å². The Bertz CT molecular complexity index is 1080. The number of nitrogens with zero attached hydrogens (tertiary/aromatic N) is 3. The molecular formula is C22H26ClN5O2. The Kier molecular flexibility index (Phi) is 6.20. The molecule has 1 aromatic carbocycles. The molecule has 2 N–H and O–H groups in total. The zero-order valence-electron chi connectivity index (χ0n) is 17.2. The first kappa shape index (κ1) is 20.6. The number of nitrogens with one attached hydrogen (secondary N) is 2. The smallest absolute Gasteiger partial charge is 0.224 e. The largest absolute Gasteiger partial charge is 0.464 e. The van der Waals surface area contributed by atoms with E-state index in [1.165, 1.54) is 0 Å². The van der Waals surface area contributed by atoms with E-state index in [-0.39, 0.29) is 5.43 Å². The number of hydrogen-bond donors (Lipinski definition) is 2. The average molecular weight is 428 g/mol. The van der Waals surface area contributed by atoms with Crippen LogP contribution in [0.25, 0.3) is 11.0 Å². The molecule has 4 rings (SSSR count). The second kappa shape index (κ2) is 9.02. The van der Waals surface area contributed by atoms with Crippen molar-refractivity contribution in [1.29, 1.82) is 0 Å². The minimum absolute atomic E-state index is 0.0282. The van der Waals surface area contributed by atoms with E-state index in [0.717, 1.165) is 31.5 Å². The molecule has 1 aliphatic rings. The van der Waals surface area contributed by atoms with E-state index in [1.54, 1.807) is 30.7 Å². The molecule has 0 unspecified atom stereocenters. The van der Waals surface area contributed by atoms with Gasteiger partial charge in [0.15, 0.2) is 5.43 Å². The van der Waals surface area contributed by atoms with Gasteiger partial charge in [-0.15, -0.1) is 0 Å². The van der Waals surface area contributed by atoms with Crippen LogP contribution in [-0.4, -0.2) is 36.1 Å². The quantitative estimate of drug-likeness (QED) is 0.618. The van der Waals surface area contributed by atoms with Crippen LogP contribution < -0.4 is 21.0 Å². The average Bonchev–Trinajstić information content (AvgIpc) is 2.75. The summed E-state index contributed by atoms with van der Waals surface area (Å²) in [6.45, 7) is 0.488. The molecule has 0 radical (unpaired) electrons. The van der Waals surface area contributed by atoms with Gasteiger partial charge in [0, 0.05) is 49.5 Å². The number of benzene rings is 1. The third kappa shape index (κ3) is 4.74. The summed E-state index contributed by atoms with van der Waals surface area (Å²) in [7, 11) is 3.93. The fraction of sp³-hybridized carbons (Fsp3) is 0.409. The van der Waals surface area contributed by atoms with Gasteiger partial charge >= 0.3 is 0 Å². The van der Waals surface area contributed by atoms with E-state index >= 15 is 0 Å². The van der Waals surface area contributed by atoms with Crippen molar-refractivity contribution in [2.75, 3.05) is 24.3 Å². The minimum Gasteiger partial charge on any atom is -0.464 e. The molecule has 0 atom stereocenters. The summed E-state index contributed by atoms with van der Waals surface area (Å²) in [4.78, 5) is 23.5. The van der Waals surface area contributed by atoms with Crippen LogP contribution in [0.2, 0.25) is 5.02 Å². The van der Waals surface area contributed by atoms with Crippen molar-refractivity contribution in [1.82, 2.24) is 15.3 Å². The van der Waals surface area contributed by atoms with Gasteiger partial charge in [0.2, 0.25) is 5.95 Å². The normalized spacial score (nSPS) is 19.0. The molecule has 0 spiro atoms. The number of hydrogen-bond acceptors (Lipinski definition) is 7. The molecule has 0 aliphatic heterocycles. The lowest BCUT2D eigenvalue weighted by molar-refractivity contribution is 0.351. The fourth-order valence-electron chi connectivity index (χ4n) is 3.81. The molecule has 158 valence electrons. The van der Waals surface area contributed by atoms with E-state index < -0.39 is 0 Å². The van der Waals surface area contributed by atoms with E-state index in [2.05, 4.69) is 20.6 Å². The van der Waals surface area contributed by atoms with Crippen LogP contribution in [0.5, 0.6) is 0 Å². The fourth-order valence-corrected chi connectivity index (χ4v) is 3.98. The van der Waals surface area contributed by atoms with Crippen molar-refractivity contribution < 1.29 is 4.42 Å². The summed E-state index contributed by atoms with van der Waals surface area (Å²) in [5, 5.41) is 8.01. The number of fused-ring (bicyclic) bond motifs is 1. The van der Waals surface area contributed by atoms with E-state index in [1.807, 2.05) is 25.1 Å². The molecule has 2 aromatic heterocycles. The summed E-state index contributed by atoms with van der Waals surface area (Å²) in [6.07, 6.45) is 7.42. The van der Waals surface area contributed by atoms with Gasteiger partial charge in [0.05, 0.1) is 11.6 Å². The van der Waals surface area contributed by atoms with Crippen LogP contribution >= 0.6 is 11.6 Å². The predicted octanol–water partition coefficient (Wildman–Crippen LogP) is 3.82. The Balaban J connectivity index is 1.31. The minimum atomic E-state index is -0.0282. The molecule has 0 bridgehead atoms. The van der Waals surface area contributed by atoms with Crippen LogP contribution in [-0.2, 0) is 6.54 Å². The van der Waals surface area contributed by atoms with Gasteiger partial charge < -0.3 is 20.0 Å². The highest BCUT2D eigenvalue weighted by molar-refractivity contribution is 6.31. The van der Waals surface area contributed by atoms with Gasteiger partial charge in [-0.05, 0) is 49.9 Å². The molecule has 0 amide bonds. The number of aromatic nitrogens is 2. The molecule has 3 aromatic rings. The second-order valence-corrected chi connectivity index (χ2v) is 8.37. The van der Waals surface area contributed by atoms with Gasteiger partial charge in [0.1, 0.15) is 11.4 Å². The first-order valence-electron chi connectivity index (χ1n) is 10.2. The highest BCUT2D eigenvalue weighted by atomic mass is 35.5. The topological polar surface area (TPSA) is 83.3 Å². The van der Waals surface area contributed by atoms with Crippen molar-refractivity contribution in [3.05, 3.63) is 57.5 Å². The highest BCUT2D eigenvalue weighted by Gasteiger charge is 2.22. The molecule has 1 aliphatic carbocycles. The molecule has 7 nitrogen and oxygen atoms in total. The van der Waals surface area contributed by atoms with Gasteiger partial charge in [-0.25, -0.2) is 4.98 Å².